The number of unbranched alkanes of at least 4 members (excludes halogenated alkanes) is 1. The third-order valence-corrected chi connectivity index (χ3v) is 2.95. The predicted octanol–water partition coefficient (Wildman–Crippen LogP) is 2.98. The van der Waals surface area contributed by atoms with E-state index in [4.69, 9.17) is 4.74 Å². The van der Waals surface area contributed by atoms with Crippen molar-refractivity contribution >= 4 is 12.0 Å². The molecule has 2 atom stereocenters. The van der Waals surface area contributed by atoms with Crippen molar-refractivity contribution in [1.29, 1.82) is 0 Å². The van der Waals surface area contributed by atoms with Crippen molar-refractivity contribution < 1.29 is 14.3 Å². The van der Waals surface area contributed by atoms with Crippen LogP contribution in [0.1, 0.15) is 46.5 Å². The van der Waals surface area contributed by atoms with Crippen LogP contribution in [0.25, 0.3) is 0 Å². The SMILES string of the molecule is C=CC(=O)OC(CCCC)(N=C=O)C(C)CC. The number of hydrogen-bond acceptors (Lipinski definition) is 4. The number of carbonyl (C=O) groups excluding carboxylic acids is 2. The van der Waals surface area contributed by atoms with E-state index >= 15 is 0 Å². The van der Waals surface area contributed by atoms with E-state index in [9.17, 15) is 9.59 Å². The topological polar surface area (TPSA) is 55.7 Å². The minimum absolute atomic E-state index is 0.0283. The second-order valence-electron chi connectivity index (χ2n) is 4.09. The van der Waals surface area contributed by atoms with Crippen molar-refractivity contribution in [3.05, 3.63) is 12.7 Å². The molecule has 2 unspecified atom stereocenters. The van der Waals surface area contributed by atoms with Gasteiger partial charge in [0, 0.05) is 18.4 Å². The summed E-state index contributed by atoms with van der Waals surface area (Å²) in [6, 6.07) is 0. The third kappa shape index (κ3) is 4.53. The largest absolute Gasteiger partial charge is 0.433 e. The average molecular weight is 239 g/mol. The Morgan fingerprint density at radius 2 is 2.24 bits per heavy atom. The first-order valence-corrected chi connectivity index (χ1v) is 6.00. The van der Waals surface area contributed by atoms with Crippen molar-refractivity contribution in [3.8, 4) is 0 Å². The van der Waals surface area contributed by atoms with Crippen molar-refractivity contribution in [2.75, 3.05) is 0 Å². The number of nitrogens with zero attached hydrogens (tertiary/aromatic N) is 1. The summed E-state index contributed by atoms with van der Waals surface area (Å²) >= 11 is 0. The van der Waals surface area contributed by atoms with E-state index in [0.29, 0.717) is 6.42 Å². The Balaban J connectivity index is 5.13. The van der Waals surface area contributed by atoms with Gasteiger partial charge in [-0.1, -0.05) is 33.8 Å². The Bertz CT molecular complexity index is 308. The first-order valence-electron chi connectivity index (χ1n) is 6.00. The van der Waals surface area contributed by atoms with Gasteiger partial charge < -0.3 is 4.74 Å². The highest BCUT2D eigenvalue weighted by molar-refractivity contribution is 5.81. The molecule has 0 saturated heterocycles. The lowest BCUT2D eigenvalue weighted by atomic mass is 9.90. The van der Waals surface area contributed by atoms with Crippen molar-refractivity contribution in [3.63, 3.8) is 0 Å². The molecule has 0 aliphatic rings. The molecule has 96 valence electrons. The number of hydrogen-bond donors (Lipinski definition) is 0. The van der Waals surface area contributed by atoms with E-state index in [1.165, 1.54) is 6.08 Å². The second-order valence-corrected chi connectivity index (χ2v) is 4.09. The Morgan fingerprint density at radius 3 is 2.65 bits per heavy atom. The summed E-state index contributed by atoms with van der Waals surface area (Å²) in [7, 11) is 0. The molecular formula is C13H21NO3. The second kappa shape index (κ2) is 7.80. The monoisotopic (exact) mass is 239 g/mol. The van der Waals surface area contributed by atoms with Crippen LogP contribution in [0.4, 0.5) is 0 Å². The Morgan fingerprint density at radius 1 is 1.59 bits per heavy atom. The Hall–Kier alpha value is -1.41. The molecule has 4 heteroatoms. The van der Waals surface area contributed by atoms with Crippen molar-refractivity contribution in [1.82, 2.24) is 0 Å². The van der Waals surface area contributed by atoms with Crippen LogP contribution in [0.3, 0.4) is 0 Å². The van der Waals surface area contributed by atoms with Gasteiger partial charge in [0.05, 0.1) is 0 Å². The standard InChI is InChI=1S/C13H21NO3/c1-5-8-9-13(14-10-15,11(4)6-2)17-12(16)7-3/h7,11H,3,5-6,8-9H2,1-2,4H3. The molecule has 0 saturated carbocycles. The van der Waals surface area contributed by atoms with Crippen molar-refractivity contribution in [2.24, 2.45) is 10.9 Å². The maximum Gasteiger partial charge on any atom is 0.332 e. The van der Waals surface area contributed by atoms with E-state index < -0.39 is 11.7 Å². The van der Waals surface area contributed by atoms with Gasteiger partial charge in [0.25, 0.3) is 0 Å². The zero-order chi connectivity index (χ0) is 13.3. The lowest BCUT2D eigenvalue weighted by molar-refractivity contribution is -0.159. The van der Waals surface area contributed by atoms with Crippen LogP contribution in [0.15, 0.2) is 17.6 Å². The first kappa shape index (κ1) is 15.6. The van der Waals surface area contributed by atoms with E-state index in [2.05, 4.69) is 11.6 Å². The zero-order valence-corrected chi connectivity index (χ0v) is 10.9. The highest BCUT2D eigenvalue weighted by atomic mass is 16.6. The number of rotatable bonds is 8. The molecule has 0 bridgehead atoms. The highest BCUT2D eigenvalue weighted by Crippen LogP contribution is 2.32. The van der Waals surface area contributed by atoms with Crippen LogP contribution in [-0.2, 0) is 14.3 Å². The maximum absolute atomic E-state index is 11.4. The third-order valence-electron chi connectivity index (χ3n) is 2.95. The summed E-state index contributed by atoms with van der Waals surface area (Å²) in [5.41, 5.74) is -1.09. The molecule has 0 aromatic rings. The molecule has 0 aliphatic carbocycles. The van der Waals surface area contributed by atoms with E-state index in [1.54, 1.807) is 0 Å². The lowest BCUT2D eigenvalue weighted by Gasteiger charge is -2.32. The van der Waals surface area contributed by atoms with Crippen LogP contribution >= 0.6 is 0 Å². The molecule has 4 nitrogen and oxygen atoms in total. The fourth-order valence-electron chi connectivity index (χ4n) is 1.63. The molecule has 0 radical (unpaired) electrons. The van der Waals surface area contributed by atoms with Gasteiger partial charge in [-0.25, -0.2) is 9.59 Å². The minimum atomic E-state index is -1.09. The lowest BCUT2D eigenvalue weighted by Crippen LogP contribution is -2.39. The van der Waals surface area contributed by atoms with E-state index in [0.717, 1.165) is 25.3 Å². The fourth-order valence-corrected chi connectivity index (χ4v) is 1.63. The molecule has 0 heterocycles. The van der Waals surface area contributed by atoms with Crippen LogP contribution in [0.5, 0.6) is 0 Å². The summed E-state index contributed by atoms with van der Waals surface area (Å²) < 4.78 is 5.30. The predicted molar refractivity (Wildman–Crippen MR) is 66.1 cm³/mol. The summed E-state index contributed by atoms with van der Waals surface area (Å²) in [5, 5.41) is 0. The van der Waals surface area contributed by atoms with Crippen LogP contribution < -0.4 is 0 Å². The zero-order valence-electron chi connectivity index (χ0n) is 10.9. The molecular weight excluding hydrogens is 218 g/mol. The van der Waals surface area contributed by atoms with Gasteiger partial charge in [-0.3, -0.25) is 0 Å². The van der Waals surface area contributed by atoms with E-state index in [1.807, 2.05) is 20.8 Å². The molecule has 0 spiro atoms. The Kier molecular flexibility index (Phi) is 7.15. The van der Waals surface area contributed by atoms with Gasteiger partial charge in [0.1, 0.15) is 0 Å². The van der Waals surface area contributed by atoms with Crippen LogP contribution in [0.2, 0.25) is 0 Å². The minimum Gasteiger partial charge on any atom is -0.433 e. The van der Waals surface area contributed by atoms with Gasteiger partial charge in [0.15, 0.2) is 0 Å². The molecule has 0 aromatic heterocycles. The van der Waals surface area contributed by atoms with Gasteiger partial charge in [-0.2, -0.15) is 4.99 Å². The number of isocyanates is 1. The van der Waals surface area contributed by atoms with Crippen LogP contribution in [-0.4, -0.2) is 17.8 Å². The maximum atomic E-state index is 11.4. The average Bonchev–Trinajstić information content (AvgIpc) is 2.34. The quantitative estimate of drug-likeness (QED) is 0.283. The number of esters is 1. The van der Waals surface area contributed by atoms with E-state index in [-0.39, 0.29) is 5.92 Å². The van der Waals surface area contributed by atoms with Crippen molar-refractivity contribution in [2.45, 2.75) is 52.2 Å². The molecule has 0 fully saturated rings. The summed E-state index contributed by atoms with van der Waals surface area (Å²) in [4.78, 5) is 25.7. The van der Waals surface area contributed by atoms with Gasteiger partial charge in [0.2, 0.25) is 11.8 Å². The molecule has 17 heavy (non-hydrogen) atoms. The van der Waals surface area contributed by atoms with Gasteiger partial charge in [-0.15, -0.1) is 0 Å². The summed E-state index contributed by atoms with van der Waals surface area (Å²) in [5.74, 6) is -0.584. The fraction of sp³-hybridized carbons (Fsp3) is 0.692. The molecule has 0 aliphatic heterocycles. The van der Waals surface area contributed by atoms with Gasteiger partial charge >= 0.3 is 5.97 Å². The molecule has 0 aromatic carbocycles. The highest BCUT2D eigenvalue weighted by Gasteiger charge is 2.38. The Labute approximate surface area is 103 Å². The number of carbonyl (C=O) groups is 1. The first-order chi connectivity index (χ1) is 8.06. The van der Waals surface area contributed by atoms with Crippen LogP contribution in [0, 0.1) is 5.92 Å². The van der Waals surface area contributed by atoms with Gasteiger partial charge in [-0.05, 0) is 12.8 Å². The summed E-state index contributed by atoms with van der Waals surface area (Å²) in [6.45, 7) is 9.26. The number of ether oxygens (including phenoxy) is 1. The smallest absolute Gasteiger partial charge is 0.332 e. The number of aliphatic imine (C=N–C) groups is 1. The normalized spacial score (nSPS) is 15.2. The molecule has 0 rings (SSSR count). The molecule has 0 N–H and O–H groups in total. The summed E-state index contributed by atoms with van der Waals surface area (Å²) in [6.07, 6.45) is 5.69. The molecule has 0 amide bonds.